The van der Waals surface area contributed by atoms with Gasteiger partial charge in [0.1, 0.15) is 5.84 Å². The average molecular weight is 423 g/mol. The van der Waals surface area contributed by atoms with E-state index >= 15 is 0 Å². The molecule has 0 amide bonds. The third-order valence-corrected chi connectivity index (χ3v) is 6.87. The summed E-state index contributed by atoms with van der Waals surface area (Å²) in [5.41, 5.74) is 7.21. The number of thioether (sulfide) groups is 1. The van der Waals surface area contributed by atoms with Crippen molar-refractivity contribution in [1.82, 2.24) is 4.31 Å². The fourth-order valence-electron chi connectivity index (χ4n) is 3.26. The van der Waals surface area contributed by atoms with Crippen LogP contribution in [0.5, 0.6) is 0 Å². The lowest BCUT2D eigenvalue weighted by Gasteiger charge is -2.17. The van der Waals surface area contributed by atoms with Crippen molar-refractivity contribution in [2.45, 2.75) is 32.6 Å². The molecule has 1 unspecified atom stereocenters. The summed E-state index contributed by atoms with van der Waals surface area (Å²) in [5.74, 6) is 0.270. The molecule has 0 saturated carbocycles. The van der Waals surface area contributed by atoms with Gasteiger partial charge in [-0.15, -0.1) is 11.8 Å². The van der Waals surface area contributed by atoms with Gasteiger partial charge in [-0.05, 0) is 68.2 Å². The van der Waals surface area contributed by atoms with Gasteiger partial charge >= 0.3 is 0 Å². The predicted molar refractivity (Wildman–Crippen MR) is 126 cm³/mol. The maximum Gasteiger partial charge on any atom is 0.158 e. The zero-order valence-corrected chi connectivity index (χ0v) is 19.1. The molecule has 1 aliphatic rings. The Bertz CT molecular complexity index is 1060. The summed E-state index contributed by atoms with van der Waals surface area (Å²) < 4.78 is 14.9. The molecule has 3 nitrogen and oxygen atoms in total. The first-order valence-corrected chi connectivity index (χ1v) is 11.8. The highest BCUT2D eigenvalue weighted by molar-refractivity contribution is 8.01. The zero-order chi connectivity index (χ0) is 21.1. The Hall–Kier alpha value is -2.37. The van der Waals surface area contributed by atoms with Crippen molar-refractivity contribution in [2.75, 3.05) is 6.26 Å². The summed E-state index contributed by atoms with van der Waals surface area (Å²) in [7, 11) is -1.48. The van der Waals surface area contributed by atoms with Gasteiger partial charge < -0.3 is 0 Å². The molecule has 0 fully saturated rings. The highest BCUT2D eigenvalue weighted by atomic mass is 32.2. The normalized spacial score (nSPS) is 17.4. The molecular formula is C24H26N2OS2. The Morgan fingerprint density at radius 1 is 1.07 bits per heavy atom. The Kier molecular flexibility index (Phi) is 6.60. The van der Waals surface area contributed by atoms with Crippen molar-refractivity contribution in [3.63, 3.8) is 0 Å². The maximum atomic E-state index is 13.3. The van der Waals surface area contributed by atoms with Crippen molar-refractivity contribution >= 4 is 34.2 Å². The van der Waals surface area contributed by atoms with Crippen LogP contribution in [-0.4, -0.2) is 20.6 Å². The number of aryl methyl sites for hydroxylation is 2. The number of rotatable bonds is 5. The van der Waals surface area contributed by atoms with Crippen LogP contribution in [0.1, 0.15) is 30.5 Å². The largest absolute Gasteiger partial charge is 0.283 e. The third kappa shape index (κ3) is 4.46. The van der Waals surface area contributed by atoms with E-state index in [-0.39, 0.29) is 5.84 Å². The number of amidine groups is 1. The molecule has 0 aliphatic carbocycles. The number of hydrogen-bond donors (Lipinski definition) is 1. The van der Waals surface area contributed by atoms with Gasteiger partial charge in [0.25, 0.3) is 0 Å². The molecule has 150 valence electrons. The van der Waals surface area contributed by atoms with Crippen LogP contribution < -0.4 is 0 Å². The summed E-state index contributed by atoms with van der Waals surface area (Å²) in [6.07, 6.45) is 3.88. The van der Waals surface area contributed by atoms with Crippen LogP contribution in [0.25, 0.3) is 5.57 Å². The van der Waals surface area contributed by atoms with Crippen LogP contribution in [0.3, 0.4) is 0 Å². The molecule has 0 spiro atoms. The smallest absolute Gasteiger partial charge is 0.158 e. The van der Waals surface area contributed by atoms with E-state index in [2.05, 4.69) is 31.4 Å². The van der Waals surface area contributed by atoms with Crippen LogP contribution in [0, 0.1) is 19.3 Å². The van der Waals surface area contributed by atoms with E-state index in [1.807, 2.05) is 62.7 Å². The van der Waals surface area contributed by atoms with E-state index in [0.29, 0.717) is 4.90 Å². The lowest BCUT2D eigenvalue weighted by atomic mass is 9.93. The van der Waals surface area contributed by atoms with E-state index in [0.717, 1.165) is 39.0 Å². The Morgan fingerprint density at radius 3 is 2.38 bits per heavy atom. The molecule has 2 aromatic rings. The molecule has 1 atom stereocenters. The molecule has 1 heterocycles. The summed E-state index contributed by atoms with van der Waals surface area (Å²) in [4.78, 5) is 0.690. The van der Waals surface area contributed by atoms with Crippen molar-refractivity contribution in [1.29, 1.82) is 5.41 Å². The number of nitrogens with zero attached hydrogens (tertiary/aromatic N) is 1. The highest BCUT2D eigenvalue weighted by Gasteiger charge is 2.31. The molecule has 0 saturated heterocycles. The van der Waals surface area contributed by atoms with Crippen LogP contribution in [-0.2, 0) is 11.0 Å². The van der Waals surface area contributed by atoms with Gasteiger partial charge in [-0.3, -0.25) is 5.41 Å². The van der Waals surface area contributed by atoms with Gasteiger partial charge in [0.05, 0.1) is 4.90 Å². The minimum absolute atomic E-state index is 0.270. The van der Waals surface area contributed by atoms with E-state index < -0.39 is 11.0 Å². The fourth-order valence-corrected chi connectivity index (χ4v) is 4.84. The standard InChI is InChI=1S/C24H26N2OS2/c1-16-9-11-21(12-10-16)29(27)26-14-22(20-8-6-7-17(2)13-20)23(24(26)25)19(4)18(3)15-28-5/h6-15,25H,1-5H3/b18-15+,23-19+,25-24?. The van der Waals surface area contributed by atoms with Gasteiger partial charge in [0.2, 0.25) is 0 Å². The van der Waals surface area contributed by atoms with Gasteiger partial charge in [0.15, 0.2) is 11.0 Å². The summed E-state index contributed by atoms with van der Waals surface area (Å²) in [5, 5.41) is 10.9. The summed E-state index contributed by atoms with van der Waals surface area (Å²) in [6, 6.07) is 15.9. The lowest BCUT2D eigenvalue weighted by molar-refractivity contribution is 0.658. The van der Waals surface area contributed by atoms with Crippen LogP contribution >= 0.6 is 11.8 Å². The molecule has 3 rings (SSSR count). The molecule has 0 bridgehead atoms. The second kappa shape index (κ2) is 8.97. The molecule has 5 heteroatoms. The van der Waals surface area contributed by atoms with Crippen LogP contribution in [0.2, 0.25) is 0 Å². The number of benzene rings is 2. The van der Waals surface area contributed by atoms with E-state index in [4.69, 9.17) is 5.41 Å². The van der Waals surface area contributed by atoms with Gasteiger partial charge in [0, 0.05) is 17.3 Å². The van der Waals surface area contributed by atoms with Crippen molar-refractivity contribution in [3.8, 4) is 0 Å². The highest BCUT2D eigenvalue weighted by Crippen LogP contribution is 2.37. The monoisotopic (exact) mass is 422 g/mol. The summed E-state index contributed by atoms with van der Waals surface area (Å²) >= 11 is 1.64. The van der Waals surface area contributed by atoms with Gasteiger partial charge in [-0.1, -0.05) is 47.5 Å². The second-order valence-corrected chi connectivity index (χ2v) is 9.26. The van der Waals surface area contributed by atoms with Crippen molar-refractivity contribution < 1.29 is 4.21 Å². The number of hydrogen-bond acceptors (Lipinski definition) is 3. The van der Waals surface area contributed by atoms with Gasteiger partial charge in [-0.2, -0.15) is 0 Å². The molecule has 1 N–H and O–H groups in total. The first-order valence-electron chi connectivity index (χ1n) is 9.40. The lowest BCUT2D eigenvalue weighted by Crippen LogP contribution is -2.24. The quantitative estimate of drug-likeness (QED) is 0.619. The first-order chi connectivity index (χ1) is 13.8. The number of nitrogens with one attached hydrogen (secondary N) is 1. The maximum absolute atomic E-state index is 13.3. The van der Waals surface area contributed by atoms with Crippen LogP contribution in [0.15, 0.2) is 81.8 Å². The van der Waals surface area contributed by atoms with E-state index in [9.17, 15) is 4.21 Å². The fraction of sp³-hybridized carbons (Fsp3) is 0.208. The first kappa shape index (κ1) is 21.3. The van der Waals surface area contributed by atoms with Crippen molar-refractivity contribution in [3.05, 3.63) is 93.5 Å². The van der Waals surface area contributed by atoms with E-state index in [1.165, 1.54) is 0 Å². The topological polar surface area (TPSA) is 44.2 Å². The van der Waals surface area contributed by atoms with Crippen LogP contribution in [0.4, 0.5) is 0 Å². The molecule has 0 radical (unpaired) electrons. The van der Waals surface area contributed by atoms with Gasteiger partial charge in [-0.25, -0.2) is 8.51 Å². The second-order valence-electron chi connectivity index (χ2n) is 7.19. The Balaban J connectivity index is 2.14. The van der Waals surface area contributed by atoms with Crippen molar-refractivity contribution in [2.24, 2.45) is 0 Å². The Labute approximate surface area is 180 Å². The average Bonchev–Trinajstić information content (AvgIpc) is 3.04. The Morgan fingerprint density at radius 2 is 1.76 bits per heavy atom. The SMILES string of the molecule is CS/C=C(C)/C(C)=C1/C(=N)N(S(=O)c2ccc(C)cc2)C=C1c1cccc(C)c1. The van der Waals surface area contributed by atoms with E-state index in [1.54, 1.807) is 16.1 Å². The predicted octanol–water partition coefficient (Wildman–Crippen LogP) is 6.24. The third-order valence-electron chi connectivity index (χ3n) is 4.96. The molecular weight excluding hydrogens is 396 g/mol. The molecule has 0 aromatic heterocycles. The number of allylic oxidation sites excluding steroid dienone is 2. The molecule has 1 aliphatic heterocycles. The summed E-state index contributed by atoms with van der Waals surface area (Å²) in [6.45, 7) is 8.15. The molecule has 2 aromatic carbocycles. The molecule has 29 heavy (non-hydrogen) atoms. The zero-order valence-electron chi connectivity index (χ0n) is 17.4. The minimum atomic E-state index is -1.48. The minimum Gasteiger partial charge on any atom is -0.283 e.